The van der Waals surface area contributed by atoms with E-state index in [0.29, 0.717) is 24.4 Å². The summed E-state index contributed by atoms with van der Waals surface area (Å²) in [5.74, 6) is -1.92. The lowest BCUT2D eigenvalue weighted by Gasteiger charge is -2.31. The SMILES string of the molecule is O=C(NCc1ccc(F)c(Cl)c1)c1nc2ccc(F)c(OCCC3CCN(CCO)CC3)c2c(=O)[nH]1. The van der Waals surface area contributed by atoms with Crippen LogP contribution < -0.4 is 15.6 Å². The average Bonchev–Trinajstić information content (AvgIpc) is 2.87. The largest absolute Gasteiger partial charge is 0.490 e. The van der Waals surface area contributed by atoms with E-state index in [2.05, 4.69) is 20.2 Å². The molecule has 1 saturated heterocycles. The van der Waals surface area contributed by atoms with Crippen LogP contribution in [0.4, 0.5) is 8.78 Å². The highest BCUT2D eigenvalue weighted by molar-refractivity contribution is 6.30. The highest BCUT2D eigenvalue weighted by Crippen LogP contribution is 2.27. The van der Waals surface area contributed by atoms with E-state index in [1.165, 1.54) is 24.3 Å². The maximum Gasteiger partial charge on any atom is 0.287 e. The van der Waals surface area contributed by atoms with Gasteiger partial charge >= 0.3 is 0 Å². The maximum atomic E-state index is 14.6. The predicted molar refractivity (Wildman–Crippen MR) is 131 cm³/mol. The van der Waals surface area contributed by atoms with Gasteiger partial charge in [-0.2, -0.15) is 0 Å². The van der Waals surface area contributed by atoms with E-state index in [1.807, 2.05) is 0 Å². The molecule has 3 N–H and O–H groups in total. The predicted octanol–water partition coefficient (Wildman–Crippen LogP) is 3.26. The molecular formula is C25H27ClF2N4O4. The van der Waals surface area contributed by atoms with Crippen molar-refractivity contribution in [1.29, 1.82) is 0 Å². The fourth-order valence-corrected chi connectivity index (χ4v) is 4.51. The molecule has 0 unspecified atom stereocenters. The standard InChI is InChI=1S/C25H27ClF2N4O4/c26-17-13-16(1-2-18(17)27)14-29-25(35)23-30-20-4-3-19(28)22(21(20)24(34)31-23)36-12-7-15-5-8-32(9-6-15)10-11-33/h1-4,13,15,33H,5-12,14H2,(H,29,35)(H,30,31,34). The van der Waals surface area contributed by atoms with Crippen LogP contribution in [-0.4, -0.2) is 58.7 Å². The molecule has 0 aliphatic carbocycles. The second kappa shape index (κ2) is 11.8. The first-order valence-corrected chi connectivity index (χ1v) is 12.1. The topological polar surface area (TPSA) is 108 Å². The van der Waals surface area contributed by atoms with Crippen molar-refractivity contribution in [3.05, 3.63) is 68.7 Å². The minimum absolute atomic E-state index is 0.0390. The summed E-state index contributed by atoms with van der Waals surface area (Å²) >= 11 is 5.76. The molecule has 0 saturated carbocycles. The Morgan fingerprint density at radius 2 is 1.97 bits per heavy atom. The molecule has 11 heteroatoms. The molecule has 8 nitrogen and oxygen atoms in total. The lowest BCUT2D eigenvalue weighted by molar-refractivity contribution is 0.0940. The van der Waals surface area contributed by atoms with Gasteiger partial charge in [0.25, 0.3) is 11.5 Å². The van der Waals surface area contributed by atoms with Crippen LogP contribution in [0.2, 0.25) is 5.02 Å². The number of fused-ring (bicyclic) bond motifs is 1. The van der Waals surface area contributed by atoms with Crippen LogP contribution in [0.5, 0.6) is 5.75 Å². The highest BCUT2D eigenvalue weighted by Gasteiger charge is 2.21. The van der Waals surface area contributed by atoms with Gasteiger partial charge in [0.05, 0.1) is 23.8 Å². The summed E-state index contributed by atoms with van der Waals surface area (Å²) in [5.41, 5.74) is -0.000981. The lowest BCUT2D eigenvalue weighted by atomic mass is 9.94. The number of nitrogens with zero attached hydrogens (tertiary/aromatic N) is 2. The quantitative estimate of drug-likeness (QED) is 0.400. The summed E-state index contributed by atoms with van der Waals surface area (Å²) in [6.07, 6.45) is 2.64. The van der Waals surface area contributed by atoms with Crippen LogP contribution in [0.15, 0.2) is 35.1 Å². The number of aromatic amines is 1. The van der Waals surface area contributed by atoms with Gasteiger partial charge in [0.2, 0.25) is 0 Å². The van der Waals surface area contributed by atoms with E-state index < -0.39 is 23.1 Å². The first-order chi connectivity index (χ1) is 17.4. The number of hydrogen-bond acceptors (Lipinski definition) is 6. The highest BCUT2D eigenvalue weighted by atomic mass is 35.5. The number of carbonyl (C=O) groups excluding carboxylic acids is 1. The van der Waals surface area contributed by atoms with E-state index in [9.17, 15) is 18.4 Å². The van der Waals surface area contributed by atoms with Crippen LogP contribution >= 0.6 is 11.6 Å². The van der Waals surface area contributed by atoms with Crippen molar-refractivity contribution in [3.8, 4) is 5.75 Å². The summed E-state index contributed by atoms with van der Waals surface area (Å²) in [6, 6.07) is 6.53. The number of benzene rings is 2. The van der Waals surface area contributed by atoms with Gasteiger partial charge in [-0.1, -0.05) is 17.7 Å². The van der Waals surface area contributed by atoms with Gasteiger partial charge in [-0.15, -0.1) is 0 Å². The molecule has 0 atom stereocenters. The Kier molecular flexibility index (Phi) is 8.50. The van der Waals surface area contributed by atoms with Crippen LogP contribution in [-0.2, 0) is 6.54 Å². The van der Waals surface area contributed by atoms with Crippen molar-refractivity contribution in [1.82, 2.24) is 20.2 Å². The molecular weight excluding hydrogens is 494 g/mol. The Bertz CT molecular complexity index is 1300. The molecule has 0 spiro atoms. The Labute approximate surface area is 211 Å². The summed E-state index contributed by atoms with van der Waals surface area (Å²) in [7, 11) is 0. The molecule has 0 radical (unpaired) electrons. The van der Waals surface area contributed by atoms with Gasteiger partial charge in [0.1, 0.15) is 11.2 Å². The zero-order valence-electron chi connectivity index (χ0n) is 19.5. The third-order valence-electron chi connectivity index (χ3n) is 6.33. The zero-order valence-corrected chi connectivity index (χ0v) is 20.3. The molecule has 4 rings (SSSR count). The second-order valence-corrected chi connectivity index (χ2v) is 9.17. The molecule has 1 aliphatic heterocycles. The summed E-state index contributed by atoms with van der Waals surface area (Å²) in [6.45, 7) is 2.89. The van der Waals surface area contributed by atoms with Crippen molar-refractivity contribution in [3.63, 3.8) is 0 Å². The van der Waals surface area contributed by atoms with Gasteiger partial charge < -0.3 is 25.0 Å². The number of hydrogen-bond donors (Lipinski definition) is 3. The van der Waals surface area contributed by atoms with Crippen molar-refractivity contribution >= 4 is 28.4 Å². The number of aromatic nitrogens is 2. The first kappa shape index (κ1) is 26.0. The van der Waals surface area contributed by atoms with Gasteiger partial charge in [-0.25, -0.2) is 13.8 Å². The minimum atomic E-state index is -0.693. The Balaban J connectivity index is 1.42. The van der Waals surface area contributed by atoms with Crippen LogP contribution in [0.1, 0.15) is 35.4 Å². The summed E-state index contributed by atoms with van der Waals surface area (Å²) < 4.78 is 33.6. The van der Waals surface area contributed by atoms with Gasteiger partial charge in [0.15, 0.2) is 17.4 Å². The molecule has 0 bridgehead atoms. The fourth-order valence-electron chi connectivity index (χ4n) is 4.31. The number of aliphatic hydroxyl groups excluding tert-OH is 1. The normalized spacial score (nSPS) is 14.8. The van der Waals surface area contributed by atoms with Crippen LogP contribution in [0.3, 0.4) is 0 Å². The Morgan fingerprint density at radius 1 is 1.22 bits per heavy atom. The van der Waals surface area contributed by atoms with E-state index in [1.54, 1.807) is 0 Å². The average molecular weight is 521 g/mol. The van der Waals surface area contributed by atoms with Gasteiger partial charge in [-0.3, -0.25) is 9.59 Å². The van der Waals surface area contributed by atoms with Crippen molar-refractivity contribution < 1.29 is 23.4 Å². The molecule has 1 amide bonds. The molecule has 192 valence electrons. The van der Waals surface area contributed by atoms with Crippen molar-refractivity contribution in [2.75, 3.05) is 32.8 Å². The second-order valence-electron chi connectivity index (χ2n) is 8.76. The number of carbonyl (C=O) groups is 1. The summed E-state index contributed by atoms with van der Waals surface area (Å²) in [4.78, 5) is 34.1. The molecule has 2 aromatic carbocycles. The number of halogens is 3. The first-order valence-electron chi connectivity index (χ1n) is 11.8. The van der Waals surface area contributed by atoms with E-state index in [0.717, 1.165) is 32.0 Å². The van der Waals surface area contributed by atoms with Gasteiger partial charge in [0, 0.05) is 13.1 Å². The van der Waals surface area contributed by atoms with E-state index in [-0.39, 0.29) is 47.3 Å². The molecule has 1 aliphatic rings. The summed E-state index contributed by atoms with van der Waals surface area (Å²) in [5, 5.41) is 11.5. The molecule has 2 heterocycles. The molecule has 36 heavy (non-hydrogen) atoms. The third kappa shape index (κ3) is 6.18. The van der Waals surface area contributed by atoms with Crippen molar-refractivity contribution in [2.24, 2.45) is 5.92 Å². The van der Waals surface area contributed by atoms with Crippen LogP contribution in [0.25, 0.3) is 10.9 Å². The third-order valence-corrected chi connectivity index (χ3v) is 6.62. The number of piperidine rings is 1. The van der Waals surface area contributed by atoms with E-state index in [4.69, 9.17) is 21.4 Å². The molecule has 1 aromatic heterocycles. The van der Waals surface area contributed by atoms with E-state index >= 15 is 0 Å². The number of amides is 1. The van der Waals surface area contributed by atoms with Crippen LogP contribution in [0, 0.1) is 17.6 Å². The molecule has 1 fully saturated rings. The lowest BCUT2D eigenvalue weighted by Crippen LogP contribution is -2.36. The number of aliphatic hydroxyl groups is 1. The molecule has 3 aromatic rings. The van der Waals surface area contributed by atoms with Crippen molar-refractivity contribution in [2.45, 2.75) is 25.8 Å². The number of nitrogens with one attached hydrogen (secondary N) is 2. The van der Waals surface area contributed by atoms with Gasteiger partial charge in [-0.05, 0) is 68.1 Å². The number of H-pyrrole nitrogens is 1. The smallest absolute Gasteiger partial charge is 0.287 e. The number of likely N-dealkylation sites (tertiary alicyclic amines) is 1. The fraction of sp³-hybridized carbons (Fsp3) is 0.400. The minimum Gasteiger partial charge on any atom is -0.490 e. The number of ether oxygens (including phenoxy) is 1. The monoisotopic (exact) mass is 520 g/mol. The Morgan fingerprint density at radius 3 is 2.69 bits per heavy atom. The number of β-amino-alcohol motifs (C(OH)–C–C–N with tert-alkyl or cyclic N) is 1. The number of rotatable bonds is 9. The maximum absolute atomic E-state index is 14.6. The Hall–Kier alpha value is -3.08. The zero-order chi connectivity index (χ0) is 25.7.